The average molecular weight is 316 g/mol. The summed E-state index contributed by atoms with van der Waals surface area (Å²) < 4.78 is 42.5. The first-order chi connectivity index (χ1) is 9.97. The highest BCUT2D eigenvalue weighted by atomic mass is 35.5. The number of nitrogens with one attached hydrogen (secondary N) is 1. The lowest BCUT2D eigenvalue weighted by atomic mass is 10.1. The van der Waals surface area contributed by atoms with Gasteiger partial charge in [0.1, 0.15) is 11.6 Å². The average Bonchev–Trinajstić information content (AvgIpc) is 2.42. The van der Waals surface area contributed by atoms with Crippen molar-refractivity contribution in [2.75, 3.05) is 5.32 Å². The largest absolute Gasteiger partial charge is 0.435 e. The van der Waals surface area contributed by atoms with Gasteiger partial charge < -0.3 is 10.1 Å². The highest BCUT2D eigenvalue weighted by Crippen LogP contribution is 2.29. The monoisotopic (exact) mass is 315 g/mol. The van der Waals surface area contributed by atoms with Crippen LogP contribution in [0.15, 0.2) is 42.5 Å². The van der Waals surface area contributed by atoms with Crippen molar-refractivity contribution >= 4 is 17.3 Å². The first-order valence-corrected chi connectivity index (χ1v) is 6.60. The zero-order chi connectivity index (χ0) is 15.4. The van der Waals surface area contributed by atoms with E-state index in [1.165, 1.54) is 24.3 Å². The molecule has 2 aromatic carbocycles. The second kappa shape index (κ2) is 6.72. The van der Waals surface area contributed by atoms with Gasteiger partial charge in [-0.05, 0) is 36.8 Å². The van der Waals surface area contributed by atoms with Crippen LogP contribution in [0.1, 0.15) is 18.5 Å². The molecule has 0 radical (unpaired) electrons. The van der Waals surface area contributed by atoms with E-state index in [9.17, 15) is 13.2 Å². The summed E-state index contributed by atoms with van der Waals surface area (Å²) in [4.78, 5) is 0. The van der Waals surface area contributed by atoms with E-state index in [1.54, 1.807) is 25.1 Å². The number of halogens is 4. The van der Waals surface area contributed by atoms with Gasteiger partial charge in [0.2, 0.25) is 0 Å². The van der Waals surface area contributed by atoms with E-state index >= 15 is 0 Å². The fourth-order valence-corrected chi connectivity index (χ4v) is 2.11. The van der Waals surface area contributed by atoms with Crippen LogP contribution in [0.5, 0.6) is 5.75 Å². The Balaban J connectivity index is 2.18. The van der Waals surface area contributed by atoms with E-state index in [0.29, 0.717) is 5.56 Å². The molecule has 1 unspecified atom stereocenters. The lowest BCUT2D eigenvalue weighted by Crippen LogP contribution is -2.09. The zero-order valence-corrected chi connectivity index (χ0v) is 11.9. The van der Waals surface area contributed by atoms with Crippen molar-refractivity contribution in [3.63, 3.8) is 0 Å². The summed E-state index contributed by atoms with van der Waals surface area (Å²) in [5.74, 6) is -0.426. The van der Waals surface area contributed by atoms with E-state index in [2.05, 4.69) is 10.1 Å². The molecule has 0 aliphatic rings. The number of ether oxygens (including phenoxy) is 1. The number of benzene rings is 2. The van der Waals surface area contributed by atoms with Gasteiger partial charge in [0.15, 0.2) is 0 Å². The smallest absolute Gasteiger partial charge is 0.387 e. The molecule has 1 N–H and O–H groups in total. The summed E-state index contributed by atoms with van der Waals surface area (Å²) in [5, 5.41) is 3.18. The van der Waals surface area contributed by atoms with E-state index in [0.717, 1.165) is 0 Å². The molecule has 2 aromatic rings. The van der Waals surface area contributed by atoms with Crippen LogP contribution in [-0.4, -0.2) is 6.61 Å². The number of hydrogen-bond acceptors (Lipinski definition) is 2. The van der Waals surface area contributed by atoms with Crippen molar-refractivity contribution < 1.29 is 17.9 Å². The highest BCUT2D eigenvalue weighted by molar-refractivity contribution is 6.33. The minimum atomic E-state index is -2.88. The van der Waals surface area contributed by atoms with Gasteiger partial charge in [-0.1, -0.05) is 29.8 Å². The molecule has 21 heavy (non-hydrogen) atoms. The molecule has 0 saturated heterocycles. The summed E-state index contributed by atoms with van der Waals surface area (Å²) >= 11 is 5.93. The van der Waals surface area contributed by atoms with E-state index in [1.807, 2.05) is 0 Å². The molecule has 112 valence electrons. The summed E-state index contributed by atoms with van der Waals surface area (Å²) in [5.41, 5.74) is 0.847. The van der Waals surface area contributed by atoms with Crippen LogP contribution in [0.4, 0.5) is 18.9 Å². The Kier molecular flexibility index (Phi) is 4.96. The summed E-state index contributed by atoms with van der Waals surface area (Å²) in [6, 6.07) is 10.2. The third-order valence-corrected chi connectivity index (χ3v) is 3.22. The normalized spacial score (nSPS) is 12.3. The number of rotatable bonds is 5. The maximum Gasteiger partial charge on any atom is 0.387 e. The molecule has 2 rings (SSSR count). The fraction of sp³-hybridized carbons (Fsp3) is 0.200. The minimum Gasteiger partial charge on any atom is -0.435 e. The molecule has 0 aliphatic carbocycles. The molecule has 0 fully saturated rings. The van der Waals surface area contributed by atoms with Crippen molar-refractivity contribution in [3.05, 3.63) is 58.9 Å². The van der Waals surface area contributed by atoms with E-state index in [-0.39, 0.29) is 22.5 Å². The number of alkyl halides is 2. The number of anilines is 1. The Labute approximate surface area is 125 Å². The number of hydrogen-bond donors (Lipinski definition) is 1. The molecule has 0 bridgehead atoms. The molecule has 0 amide bonds. The molecule has 0 saturated carbocycles. The van der Waals surface area contributed by atoms with Crippen LogP contribution in [-0.2, 0) is 0 Å². The Bertz CT molecular complexity index is 601. The molecule has 0 heterocycles. The van der Waals surface area contributed by atoms with Gasteiger partial charge in [-0.3, -0.25) is 0 Å². The van der Waals surface area contributed by atoms with E-state index in [4.69, 9.17) is 11.6 Å². The van der Waals surface area contributed by atoms with Crippen molar-refractivity contribution in [1.82, 2.24) is 0 Å². The second-order valence-corrected chi connectivity index (χ2v) is 4.82. The summed E-state index contributed by atoms with van der Waals surface area (Å²) in [7, 11) is 0. The third kappa shape index (κ3) is 4.04. The van der Waals surface area contributed by atoms with Crippen molar-refractivity contribution in [2.45, 2.75) is 19.6 Å². The Morgan fingerprint density at radius 3 is 2.52 bits per heavy atom. The minimum absolute atomic E-state index is 0.0516. The maximum absolute atomic E-state index is 13.7. The Morgan fingerprint density at radius 2 is 1.86 bits per heavy atom. The predicted octanol–water partition coefficient (Wildman–Crippen LogP) is 5.25. The highest BCUT2D eigenvalue weighted by Gasteiger charge is 2.13. The summed E-state index contributed by atoms with van der Waals surface area (Å²) in [6.45, 7) is -1.12. The molecule has 6 heteroatoms. The second-order valence-electron chi connectivity index (χ2n) is 4.41. The molecular weight excluding hydrogens is 303 g/mol. The maximum atomic E-state index is 13.7. The quantitative estimate of drug-likeness (QED) is 0.813. The standard InChI is InChI=1S/C15H13ClF3NO/c1-9(20-14-12(16)6-3-7-13(14)17)10-4-2-5-11(8-10)21-15(18)19/h2-9,15,20H,1H3. The van der Waals surface area contributed by atoms with Gasteiger partial charge in [0, 0.05) is 6.04 Å². The molecule has 2 nitrogen and oxygen atoms in total. The lowest BCUT2D eigenvalue weighted by molar-refractivity contribution is -0.0498. The molecule has 0 aliphatic heterocycles. The molecular formula is C15H13ClF3NO. The first-order valence-electron chi connectivity index (χ1n) is 6.22. The topological polar surface area (TPSA) is 21.3 Å². The van der Waals surface area contributed by atoms with Crippen LogP contribution < -0.4 is 10.1 Å². The van der Waals surface area contributed by atoms with Crippen molar-refractivity contribution in [1.29, 1.82) is 0 Å². The Hall–Kier alpha value is -1.88. The molecule has 0 spiro atoms. The van der Waals surface area contributed by atoms with Gasteiger partial charge >= 0.3 is 6.61 Å². The zero-order valence-electron chi connectivity index (χ0n) is 11.1. The van der Waals surface area contributed by atoms with Crippen LogP contribution >= 0.6 is 11.6 Å². The van der Waals surface area contributed by atoms with Crippen LogP contribution in [0.3, 0.4) is 0 Å². The molecule has 0 aromatic heterocycles. The van der Waals surface area contributed by atoms with Gasteiger partial charge in [0.05, 0.1) is 10.7 Å². The fourth-order valence-electron chi connectivity index (χ4n) is 1.90. The molecule has 1 atom stereocenters. The van der Waals surface area contributed by atoms with Gasteiger partial charge in [0.25, 0.3) is 0 Å². The summed E-state index contributed by atoms with van der Waals surface area (Å²) in [6.07, 6.45) is 0. The SMILES string of the molecule is CC(Nc1c(F)cccc1Cl)c1cccc(OC(F)F)c1. The first kappa shape index (κ1) is 15.5. The van der Waals surface area contributed by atoms with Gasteiger partial charge in [-0.2, -0.15) is 8.78 Å². The van der Waals surface area contributed by atoms with Crippen molar-refractivity contribution in [2.24, 2.45) is 0 Å². The van der Waals surface area contributed by atoms with Gasteiger partial charge in [-0.15, -0.1) is 0 Å². The Morgan fingerprint density at radius 1 is 1.14 bits per heavy atom. The predicted molar refractivity (Wildman–Crippen MR) is 76.5 cm³/mol. The van der Waals surface area contributed by atoms with Crippen LogP contribution in [0.2, 0.25) is 5.02 Å². The van der Waals surface area contributed by atoms with Crippen LogP contribution in [0.25, 0.3) is 0 Å². The van der Waals surface area contributed by atoms with Gasteiger partial charge in [-0.25, -0.2) is 4.39 Å². The van der Waals surface area contributed by atoms with Crippen LogP contribution in [0, 0.1) is 5.82 Å². The lowest BCUT2D eigenvalue weighted by Gasteiger charge is -2.18. The number of para-hydroxylation sites is 1. The van der Waals surface area contributed by atoms with Crippen molar-refractivity contribution in [3.8, 4) is 5.75 Å². The third-order valence-electron chi connectivity index (χ3n) is 2.91. The van der Waals surface area contributed by atoms with E-state index < -0.39 is 12.4 Å².